The molecule has 0 aromatic heterocycles. The van der Waals surface area contributed by atoms with Gasteiger partial charge in [-0.15, -0.1) is 6.58 Å². The molecule has 2 fully saturated rings. The van der Waals surface area contributed by atoms with Crippen LogP contribution in [-0.2, 0) is 20.9 Å². The van der Waals surface area contributed by atoms with Crippen molar-refractivity contribution in [2.45, 2.75) is 160 Å². The van der Waals surface area contributed by atoms with Crippen LogP contribution in [0.4, 0.5) is 9.18 Å². The maximum Gasteiger partial charge on any atom is 0.412 e. The molecule has 0 bridgehead atoms. The van der Waals surface area contributed by atoms with Gasteiger partial charge in [0.1, 0.15) is 30.0 Å². The Kier molecular flexibility index (Phi) is 19.8. The van der Waals surface area contributed by atoms with E-state index in [1.165, 1.54) is 57.1 Å². The third kappa shape index (κ3) is 13.2. The van der Waals surface area contributed by atoms with E-state index in [9.17, 15) is 24.2 Å². The number of nitrogens with one attached hydrogen (secondary N) is 1. The number of amides is 2. The first-order valence-electron chi connectivity index (χ1n) is 25.0. The smallest absolute Gasteiger partial charge is 0.412 e. The SMILES string of the molecule is C=CCOC12Oc3ccc(OC(=O)NCCCCCCCCCCCC)cc3C3C(CCCCO)C(CCCCO)C=C(C(=NOCC)CC1N(Cc1ccc(F)cc1)C(=O)C1CC1)C32. The number of aliphatic hydroxyl groups is 2. The number of nitrogens with zero attached hydrogens (tertiary/aromatic N) is 2. The molecule has 0 saturated heterocycles. The molecule has 11 nitrogen and oxygen atoms in total. The number of unbranched alkanes of at least 4 members (excludes halogenated alkanes) is 11. The van der Waals surface area contributed by atoms with Gasteiger partial charge in [0.25, 0.3) is 0 Å². The Balaban J connectivity index is 1.38. The second-order valence-corrected chi connectivity index (χ2v) is 18.6. The quantitative estimate of drug-likeness (QED) is 0.0417. The molecule has 6 unspecified atom stereocenters. The maximum atomic E-state index is 14.7. The van der Waals surface area contributed by atoms with Gasteiger partial charge in [0.15, 0.2) is 0 Å². The van der Waals surface area contributed by atoms with Crippen LogP contribution in [0, 0.1) is 29.5 Å². The number of rotatable bonds is 29. The van der Waals surface area contributed by atoms with Gasteiger partial charge >= 0.3 is 6.09 Å². The van der Waals surface area contributed by atoms with Crippen LogP contribution >= 0.6 is 0 Å². The molecule has 358 valence electrons. The monoisotopic (exact) mass is 902 g/mol. The third-order valence-electron chi connectivity index (χ3n) is 13.8. The first-order valence-corrected chi connectivity index (χ1v) is 25.0. The van der Waals surface area contributed by atoms with Crippen LogP contribution in [0.2, 0.25) is 0 Å². The molecule has 2 aromatic rings. The topological polar surface area (TPSA) is 139 Å². The lowest BCUT2D eigenvalue weighted by molar-refractivity contribution is -0.258. The lowest BCUT2D eigenvalue weighted by Crippen LogP contribution is -2.70. The highest BCUT2D eigenvalue weighted by atomic mass is 19.1. The fourth-order valence-electron chi connectivity index (χ4n) is 10.5. The summed E-state index contributed by atoms with van der Waals surface area (Å²) < 4.78 is 34.7. The van der Waals surface area contributed by atoms with Crippen molar-refractivity contribution in [3.8, 4) is 11.5 Å². The standard InChI is InChI=1S/C53H76FN3O8/c1-4-7-8-9-10-11-12-13-14-17-30-55-52(61)64-42-28-29-47-45(35-42)49-43(21-16-19-32-59)40(20-15-18-31-58)34-44-46(56-63-6-3)36-48(53(65-47,50(44)49)62-33-5-2)57(51(60)39-24-25-39)37-38-22-26-41(54)27-23-38/h5,22-23,26-29,34-35,39-40,43,48-50,58-59H,2,4,6-21,24-25,30-33,36-37H2,1,3H3,(H,55,61). The van der Waals surface area contributed by atoms with Gasteiger partial charge in [0, 0.05) is 50.1 Å². The molecule has 6 rings (SSSR count). The second-order valence-electron chi connectivity index (χ2n) is 18.6. The van der Waals surface area contributed by atoms with Crippen LogP contribution in [0.3, 0.4) is 0 Å². The maximum absolute atomic E-state index is 14.7. The summed E-state index contributed by atoms with van der Waals surface area (Å²) in [5.41, 5.74) is 3.29. The van der Waals surface area contributed by atoms with Gasteiger partial charge in [-0.25, -0.2) is 9.18 Å². The predicted octanol–water partition coefficient (Wildman–Crippen LogP) is 10.9. The van der Waals surface area contributed by atoms with Crippen LogP contribution in [0.1, 0.15) is 153 Å². The van der Waals surface area contributed by atoms with Crippen molar-refractivity contribution in [3.63, 3.8) is 0 Å². The Morgan fingerprint density at radius 2 is 1.62 bits per heavy atom. The molecule has 6 atom stereocenters. The normalized spacial score (nSPS) is 23.7. The molecule has 0 spiro atoms. The van der Waals surface area contributed by atoms with E-state index in [0.717, 1.165) is 74.5 Å². The lowest BCUT2D eigenvalue weighted by Gasteiger charge is -2.60. The van der Waals surface area contributed by atoms with Crippen LogP contribution < -0.4 is 14.8 Å². The summed E-state index contributed by atoms with van der Waals surface area (Å²) in [5, 5.41) is 27.6. The average molecular weight is 902 g/mol. The van der Waals surface area contributed by atoms with Crippen LogP contribution in [0.5, 0.6) is 11.5 Å². The number of fused-ring (bicyclic) bond motifs is 2. The average Bonchev–Trinajstić information content (AvgIpc) is 4.17. The summed E-state index contributed by atoms with van der Waals surface area (Å²) in [6.45, 7) is 9.55. The summed E-state index contributed by atoms with van der Waals surface area (Å²) in [4.78, 5) is 35.7. The van der Waals surface area contributed by atoms with Crippen molar-refractivity contribution < 1.29 is 43.2 Å². The molecule has 1 heterocycles. The fraction of sp³-hybridized carbons (Fsp3) is 0.642. The van der Waals surface area contributed by atoms with Crippen molar-refractivity contribution in [1.82, 2.24) is 10.2 Å². The Morgan fingerprint density at radius 3 is 2.28 bits per heavy atom. The van der Waals surface area contributed by atoms with Crippen LogP contribution in [0.15, 0.2) is 71.9 Å². The zero-order valence-electron chi connectivity index (χ0n) is 39.2. The molecule has 3 N–H and O–H groups in total. The number of carbonyl (C=O) groups is 2. The summed E-state index contributed by atoms with van der Waals surface area (Å²) >= 11 is 0. The second kappa shape index (κ2) is 25.6. The molecule has 65 heavy (non-hydrogen) atoms. The minimum atomic E-state index is -1.42. The molecule has 2 amide bonds. The van der Waals surface area contributed by atoms with E-state index in [2.05, 4.69) is 24.9 Å². The summed E-state index contributed by atoms with van der Waals surface area (Å²) in [6, 6.07) is 11.1. The van der Waals surface area contributed by atoms with Crippen molar-refractivity contribution in [3.05, 3.63) is 83.7 Å². The molecule has 3 aliphatic carbocycles. The molecule has 2 aromatic carbocycles. The van der Waals surface area contributed by atoms with Crippen molar-refractivity contribution in [2.75, 3.05) is 33.0 Å². The Bertz CT molecular complexity index is 1880. The first-order chi connectivity index (χ1) is 31.8. The van der Waals surface area contributed by atoms with E-state index in [1.54, 1.807) is 24.3 Å². The molecule has 0 radical (unpaired) electrons. The van der Waals surface area contributed by atoms with Crippen molar-refractivity contribution in [1.29, 1.82) is 0 Å². The van der Waals surface area contributed by atoms with Crippen molar-refractivity contribution in [2.24, 2.45) is 28.8 Å². The highest BCUT2D eigenvalue weighted by Gasteiger charge is 2.66. The molecule has 4 aliphatic rings. The fourth-order valence-corrected chi connectivity index (χ4v) is 10.5. The summed E-state index contributed by atoms with van der Waals surface area (Å²) in [5.74, 6) is -1.66. The van der Waals surface area contributed by atoms with Gasteiger partial charge in [0.2, 0.25) is 11.7 Å². The molecule has 12 heteroatoms. The first kappa shape index (κ1) is 50.2. The van der Waals surface area contributed by atoms with Gasteiger partial charge in [-0.3, -0.25) is 4.79 Å². The van der Waals surface area contributed by atoms with E-state index in [-0.39, 0.29) is 68.2 Å². The molecule has 1 aliphatic heterocycles. The Labute approximate surface area is 387 Å². The van der Waals surface area contributed by atoms with Gasteiger partial charge < -0.3 is 39.5 Å². The highest BCUT2D eigenvalue weighted by molar-refractivity contribution is 6.03. The number of hydrogen-bond acceptors (Lipinski definition) is 9. The van der Waals surface area contributed by atoms with Gasteiger partial charge in [-0.05, 0) is 105 Å². The predicted molar refractivity (Wildman–Crippen MR) is 252 cm³/mol. The zero-order valence-corrected chi connectivity index (χ0v) is 39.2. The third-order valence-corrected chi connectivity index (χ3v) is 13.8. The van der Waals surface area contributed by atoms with E-state index in [0.29, 0.717) is 43.2 Å². The number of ether oxygens (including phenoxy) is 3. The summed E-state index contributed by atoms with van der Waals surface area (Å²) in [6.07, 6.45) is 21.9. The van der Waals surface area contributed by atoms with Gasteiger partial charge in [-0.2, -0.15) is 0 Å². The number of halogens is 1. The molecule has 2 saturated carbocycles. The number of aliphatic hydroxyl groups excluding tert-OH is 2. The number of hydrogen-bond donors (Lipinski definition) is 3. The Morgan fingerprint density at radius 1 is 0.923 bits per heavy atom. The largest absolute Gasteiger partial charge is 0.459 e. The van der Waals surface area contributed by atoms with E-state index < -0.39 is 23.8 Å². The van der Waals surface area contributed by atoms with E-state index >= 15 is 0 Å². The zero-order chi connectivity index (χ0) is 46.0. The van der Waals surface area contributed by atoms with E-state index in [1.807, 2.05) is 24.0 Å². The number of benzene rings is 2. The highest BCUT2D eigenvalue weighted by Crippen LogP contribution is 2.62. The van der Waals surface area contributed by atoms with Gasteiger partial charge in [0.05, 0.1) is 18.2 Å². The van der Waals surface area contributed by atoms with Crippen LogP contribution in [0.25, 0.3) is 0 Å². The summed E-state index contributed by atoms with van der Waals surface area (Å²) in [7, 11) is 0. The minimum absolute atomic E-state index is 0.0141. The molecular weight excluding hydrogens is 826 g/mol. The van der Waals surface area contributed by atoms with Crippen molar-refractivity contribution >= 4 is 17.7 Å². The Hall–Kier alpha value is -4.26. The minimum Gasteiger partial charge on any atom is -0.459 e. The number of carbonyl (C=O) groups excluding carboxylic acids is 2. The number of allylic oxidation sites excluding steroid dienone is 1. The number of oxime groups is 1. The molecular formula is C53H76FN3O8. The van der Waals surface area contributed by atoms with E-state index in [4.69, 9.17) is 24.2 Å². The lowest BCUT2D eigenvalue weighted by atomic mass is 9.55. The van der Waals surface area contributed by atoms with Crippen LogP contribution in [-0.4, -0.2) is 77.6 Å². The van der Waals surface area contributed by atoms with Gasteiger partial charge in [-0.1, -0.05) is 107 Å².